The second kappa shape index (κ2) is 6.08. The molecular weight excluding hydrogens is 260 g/mol. The zero-order chi connectivity index (χ0) is 14.7. The Morgan fingerprint density at radius 2 is 2.05 bits per heavy atom. The van der Waals surface area contributed by atoms with E-state index in [-0.39, 0.29) is 11.9 Å². The predicted molar refractivity (Wildman–Crippen MR) is 83.2 cm³/mol. The van der Waals surface area contributed by atoms with Gasteiger partial charge in [-0.3, -0.25) is 9.78 Å². The molecule has 108 valence electrons. The Bertz CT molecular complexity index is 607. The molecule has 0 aliphatic carbocycles. The monoisotopic (exact) mass is 280 g/mol. The van der Waals surface area contributed by atoms with Gasteiger partial charge in [-0.25, -0.2) is 0 Å². The molecule has 1 fully saturated rings. The number of pyridine rings is 1. The van der Waals surface area contributed by atoms with Gasteiger partial charge in [0.25, 0.3) is 5.91 Å². The van der Waals surface area contributed by atoms with Crippen LogP contribution in [0, 0.1) is 6.92 Å². The van der Waals surface area contributed by atoms with E-state index in [4.69, 9.17) is 0 Å². The van der Waals surface area contributed by atoms with Crippen LogP contribution >= 0.6 is 0 Å². The molecule has 2 aromatic rings. The number of carbonyl (C=O) groups is 1. The highest BCUT2D eigenvalue weighted by atomic mass is 16.2. The van der Waals surface area contributed by atoms with Crippen LogP contribution in [-0.4, -0.2) is 28.4 Å². The summed E-state index contributed by atoms with van der Waals surface area (Å²) in [6, 6.07) is 14.1. The van der Waals surface area contributed by atoms with Crippen molar-refractivity contribution in [1.82, 2.24) is 9.88 Å². The fourth-order valence-electron chi connectivity index (χ4n) is 2.94. The van der Waals surface area contributed by atoms with Crippen LogP contribution in [0.2, 0.25) is 0 Å². The molecule has 0 bridgehead atoms. The van der Waals surface area contributed by atoms with Gasteiger partial charge < -0.3 is 4.90 Å². The lowest BCUT2D eigenvalue weighted by atomic mass is 10.1. The van der Waals surface area contributed by atoms with Crippen LogP contribution in [0.15, 0.2) is 48.7 Å². The molecule has 1 saturated heterocycles. The van der Waals surface area contributed by atoms with Crippen molar-refractivity contribution in [3.63, 3.8) is 0 Å². The Labute approximate surface area is 125 Å². The van der Waals surface area contributed by atoms with E-state index in [1.807, 2.05) is 60.5 Å². The summed E-state index contributed by atoms with van der Waals surface area (Å²) in [4.78, 5) is 19.1. The van der Waals surface area contributed by atoms with E-state index in [0.29, 0.717) is 0 Å². The van der Waals surface area contributed by atoms with E-state index in [0.717, 1.165) is 37.1 Å². The van der Waals surface area contributed by atoms with Crippen molar-refractivity contribution in [1.29, 1.82) is 0 Å². The van der Waals surface area contributed by atoms with E-state index in [1.54, 1.807) is 0 Å². The van der Waals surface area contributed by atoms with Crippen molar-refractivity contribution in [3.05, 3.63) is 65.5 Å². The molecule has 1 atom stereocenters. The second-order valence-corrected chi connectivity index (χ2v) is 5.69. The summed E-state index contributed by atoms with van der Waals surface area (Å²) in [7, 11) is 0. The molecule has 0 saturated carbocycles. The lowest BCUT2D eigenvalue weighted by Gasteiger charge is -2.24. The van der Waals surface area contributed by atoms with Gasteiger partial charge in [-0.05, 0) is 44.0 Å². The Kier molecular flexibility index (Phi) is 4.00. The Balaban J connectivity index is 1.74. The third-order valence-electron chi connectivity index (χ3n) is 4.11. The minimum atomic E-state index is 0.147. The van der Waals surface area contributed by atoms with Gasteiger partial charge in [0.15, 0.2) is 0 Å². The molecule has 3 heteroatoms. The summed E-state index contributed by atoms with van der Waals surface area (Å²) in [5.41, 5.74) is 3.03. The van der Waals surface area contributed by atoms with E-state index in [9.17, 15) is 4.79 Å². The summed E-state index contributed by atoms with van der Waals surface area (Å²) in [6.45, 7) is 2.89. The lowest BCUT2D eigenvalue weighted by Crippen LogP contribution is -2.36. The number of nitrogens with zero attached hydrogens (tertiary/aromatic N) is 2. The molecule has 1 amide bonds. The van der Waals surface area contributed by atoms with E-state index in [1.165, 1.54) is 5.56 Å². The fourth-order valence-corrected chi connectivity index (χ4v) is 2.94. The fraction of sp³-hybridized carbons (Fsp3) is 0.333. The van der Waals surface area contributed by atoms with Crippen LogP contribution < -0.4 is 0 Å². The first-order valence-corrected chi connectivity index (χ1v) is 7.51. The number of aryl methyl sites for hydroxylation is 1. The quantitative estimate of drug-likeness (QED) is 0.864. The largest absolute Gasteiger partial charge is 0.335 e. The third kappa shape index (κ3) is 3.13. The topological polar surface area (TPSA) is 33.2 Å². The highest BCUT2D eigenvalue weighted by Gasteiger charge is 2.29. The van der Waals surface area contributed by atoms with Crippen molar-refractivity contribution < 1.29 is 4.79 Å². The number of hydrogen-bond acceptors (Lipinski definition) is 2. The number of amides is 1. The van der Waals surface area contributed by atoms with Gasteiger partial charge >= 0.3 is 0 Å². The molecule has 3 nitrogen and oxygen atoms in total. The summed E-state index contributed by atoms with van der Waals surface area (Å²) >= 11 is 0. The number of aromatic nitrogens is 1. The van der Waals surface area contributed by atoms with Crippen molar-refractivity contribution in [2.24, 2.45) is 0 Å². The van der Waals surface area contributed by atoms with Crippen LogP contribution in [0.1, 0.15) is 34.5 Å². The first-order valence-electron chi connectivity index (χ1n) is 7.51. The van der Waals surface area contributed by atoms with Gasteiger partial charge in [-0.15, -0.1) is 0 Å². The van der Waals surface area contributed by atoms with Crippen LogP contribution in [0.25, 0.3) is 0 Å². The van der Waals surface area contributed by atoms with Crippen LogP contribution in [0.5, 0.6) is 0 Å². The van der Waals surface area contributed by atoms with Crippen LogP contribution in [-0.2, 0) is 6.42 Å². The maximum absolute atomic E-state index is 12.7. The molecular formula is C18H20N2O. The molecule has 0 spiro atoms. The van der Waals surface area contributed by atoms with Crippen LogP contribution in [0.3, 0.4) is 0 Å². The number of benzene rings is 1. The Hall–Kier alpha value is -2.16. The summed E-state index contributed by atoms with van der Waals surface area (Å²) in [5, 5.41) is 0. The first-order chi connectivity index (χ1) is 10.2. The predicted octanol–water partition coefficient (Wildman–Crippen LogP) is 3.24. The van der Waals surface area contributed by atoms with Gasteiger partial charge in [0.05, 0.1) is 0 Å². The lowest BCUT2D eigenvalue weighted by molar-refractivity contribution is 0.0736. The van der Waals surface area contributed by atoms with E-state index < -0.39 is 0 Å². The zero-order valence-corrected chi connectivity index (χ0v) is 12.3. The standard InChI is InChI=1S/C18H20N2O/c1-14-7-9-15(10-8-14)18(21)20-12-4-6-17(20)13-16-5-2-3-11-19-16/h2-3,5,7-11,17H,4,6,12-13H2,1H3. The third-order valence-corrected chi connectivity index (χ3v) is 4.11. The Morgan fingerprint density at radius 1 is 1.24 bits per heavy atom. The van der Waals surface area contributed by atoms with Gasteiger partial charge in [0.1, 0.15) is 0 Å². The summed E-state index contributed by atoms with van der Waals surface area (Å²) < 4.78 is 0. The van der Waals surface area contributed by atoms with Gasteiger partial charge in [0.2, 0.25) is 0 Å². The van der Waals surface area contributed by atoms with Crippen molar-refractivity contribution in [2.45, 2.75) is 32.2 Å². The van der Waals surface area contributed by atoms with Gasteiger partial charge in [-0.2, -0.15) is 0 Å². The Morgan fingerprint density at radius 3 is 2.76 bits per heavy atom. The van der Waals surface area contributed by atoms with Crippen molar-refractivity contribution >= 4 is 5.91 Å². The molecule has 21 heavy (non-hydrogen) atoms. The molecule has 3 rings (SSSR count). The number of carbonyl (C=O) groups excluding carboxylic acids is 1. The molecule has 0 radical (unpaired) electrons. The normalized spacial score (nSPS) is 18.0. The minimum Gasteiger partial charge on any atom is -0.335 e. The average Bonchev–Trinajstić information content (AvgIpc) is 2.96. The molecule has 1 aliphatic heterocycles. The van der Waals surface area contributed by atoms with E-state index >= 15 is 0 Å². The second-order valence-electron chi connectivity index (χ2n) is 5.69. The molecule has 1 unspecified atom stereocenters. The zero-order valence-electron chi connectivity index (χ0n) is 12.3. The molecule has 0 N–H and O–H groups in total. The highest BCUT2D eigenvalue weighted by molar-refractivity contribution is 5.94. The van der Waals surface area contributed by atoms with Crippen LogP contribution in [0.4, 0.5) is 0 Å². The van der Waals surface area contributed by atoms with Crippen molar-refractivity contribution in [2.75, 3.05) is 6.54 Å². The van der Waals surface area contributed by atoms with Crippen molar-refractivity contribution in [3.8, 4) is 0 Å². The molecule has 1 aromatic carbocycles. The van der Waals surface area contributed by atoms with E-state index in [2.05, 4.69) is 4.98 Å². The summed E-state index contributed by atoms with van der Waals surface area (Å²) in [6.07, 6.45) is 4.80. The van der Waals surface area contributed by atoms with Gasteiger partial charge in [0, 0.05) is 36.5 Å². The molecule has 1 aliphatic rings. The molecule has 1 aromatic heterocycles. The number of rotatable bonds is 3. The number of likely N-dealkylation sites (tertiary alicyclic amines) is 1. The summed E-state index contributed by atoms with van der Waals surface area (Å²) in [5.74, 6) is 0.147. The highest BCUT2D eigenvalue weighted by Crippen LogP contribution is 2.23. The van der Waals surface area contributed by atoms with Gasteiger partial charge in [-0.1, -0.05) is 23.8 Å². The first kappa shape index (κ1) is 13.8. The number of hydrogen-bond donors (Lipinski definition) is 0. The SMILES string of the molecule is Cc1ccc(C(=O)N2CCCC2Cc2ccccn2)cc1. The average molecular weight is 280 g/mol. The maximum Gasteiger partial charge on any atom is 0.254 e. The molecule has 2 heterocycles. The maximum atomic E-state index is 12.7. The smallest absolute Gasteiger partial charge is 0.254 e. The minimum absolute atomic E-state index is 0.147.